The largest absolute Gasteiger partial charge is 0.497 e. The Morgan fingerprint density at radius 3 is 2.29 bits per heavy atom. The van der Waals surface area contributed by atoms with Gasteiger partial charge in [-0.3, -0.25) is 4.79 Å². The summed E-state index contributed by atoms with van der Waals surface area (Å²) in [5, 5.41) is 0. The van der Waals surface area contributed by atoms with Gasteiger partial charge in [0.05, 0.1) is 34.3 Å². The van der Waals surface area contributed by atoms with Gasteiger partial charge >= 0.3 is 0 Å². The number of nitrogens with zero attached hydrogens (tertiary/aromatic N) is 2. The summed E-state index contributed by atoms with van der Waals surface area (Å²) < 4.78 is 21.9. The number of hydrogen-bond acceptors (Lipinski definition) is 6. The van der Waals surface area contributed by atoms with Crippen molar-refractivity contribution in [3.8, 4) is 17.2 Å². The van der Waals surface area contributed by atoms with Crippen LogP contribution in [0, 0.1) is 6.92 Å². The molecule has 1 aromatic heterocycles. The third kappa shape index (κ3) is 5.31. The third-order valence-corrected chi connectivity index (χ3v) is 5.60. The highest BCUT2D eigenvalue weighted by Gasteiger charge is 2.19. The van der Waals surface area contributed by atoms with Gasteiger partial charge in [0.15, 0.2) is 17.1 Å². The van der Waals surface area contributed by atoms with Crippen LogP contribution in [0.1, 0.15) is 22.6 Å². The van der Waals surface area contributed by atoms with E-state index in [-0.39, 0.29) is 18.9 Å². The van der Waals surface area contributed by atoms with Crippen LogP contribution in [0.25, 0.3) is 11.1 Å². The lowest BCUT2D eigenvalue weighted by Gasteiger charge is -2.22. The smallest absolute Gasteiger partial charge is 0.227 e. The van der Waals surface area contributed by atoms with Crippen molar-refractivity contribution >= 4 is 17.0 Å². The predicted molar refractivity (Wildman–Crippen MR) is 129 cm³/mol. The number of amides is 1. The highest BCUT2D eigenvalue weighted by molar-refractivity contribution is 5.79. The average Bonchev–Trinajstić information content (AvgIpc) is 3.25. The Labute approximate surface area is 198 Å². The number of aryl methyl sites for hydroxylation is 1. The third-order valence-electron chi connectivity index (χ3n) is 5.60. The average molecular weight is 461 g/mol. The van der Waals surface area contributed by atoms with Crippen molar-refractivity contribution in [1.82, 2.24) is 9.88 Å². The molecule has 0 spiro atoms. The van der Waals surface area contributed by atoms with Crippen molar-refractivity contribution < 1.29 is 23.4 Å². The fourth-order valence-electron chi connectivity index (χ4n) is 3.78. The van der Waals surface area contributed by atoms with Crippen molar-refractivity contribution in [3.05, 3.63) is 83.2 Å². The number of rotatable bonds is 9. The topological polar surface area (TPSA) is 74.0 Å². The Morgan fingerprint density at radius 2 is 1.59 bits per heavy atom. The fraction of sp³-hybridized carbons (Fsp3) is 0.259. The number of ether oxygens (including phenoxy) is 3. The molecule has 0 atom stereocenters. The van der Waals surface area contributed by atoms with E-state index >= 15 is 0 Å². The molecule has 4 aromatic rings. The number of carbonyl (C=O) groups excluding carboxylic acids is 1. The number of carbonyl (C=O) groups is 1. The molecule has 0 aliphatic rings. The van der Waals surface area contributed by atoms with Crippen molar-refractivity contribution in [2.24, 2.45) is 0 Å². The van der Waals surface area contributed by atoms with Crippen molar-refractivity contribution in [2.75, 3.05) is 21.3 Å². The summed E-state index contributed by atoms with van der Waals surface area (Å²) in [6.07, 6.45) is 0.204. The minimum Gasteiger partial charge on any atom is -0.497 e. The molecule has 4 rings (SSSR count). The molecule has 0 saturated carbocycles. The second kappa shape index (κ2) is 10.3. The van der Waals surface area contributed by atoms with Crippen LogP contribution in [0.5, 0.6) is 17.2 Å². The normalized spacial score (nSPS) is 10.8. The summed E-state index contributed by atoms with van der Waals surface area (Å²) in [5.41, 5.74) is 4.40. The number of methoxy groups -OCH3 is 3. The van der Waals surface area contributed by atoms with Gasteiger partial charge in [0.2, 0.25) is 11.8 Å². The monoisotopic (exact) mass is 460 g/mol. The summed E-state index contributed by atoms with van der Waals surface area (Å²) in [6.45, 7) is 2.68. The van der Waals surface area contributed by atoms with Gasteiger partial charge in [0.1, 0.15) is 11.3 Å². The van der Waals surface area contributed by atoms with Crippen molar-refractivity contribution in [3.63, 3.8) is 0 Å². The molecular weight excluding hydrogens is 432 g/mol. The molecule has 7 nitrogen and oxygen atoms in total. The second-order valence-electron chi connectivity index (χ2n) is 8.04. The van der Waals surface area contributed by atoms with E-state index in [1.807, 2.05) is 61.5 Å². The van der Waals surface area contributed by atoms with E-state index in [4.69, 9.17) is 18.6 Å². The van der Waals surface area contributed by atoms with E-state index in [9.17, 15) is 4.79 Å². The Bertz CT molecular complexity index is 1280. The molecule has 0 aliphatic carbocycles. The minimum atomic E-state index is -0.0542. The van der Waals surface area contributed by atoms with E-state index in [1.54, 1.807) is 32.3 Å². The highest BCUT2D eigenvalue weighted by Crippen LogP contribution is 2.28. The molecule has 0 saturated heterocycles. The summed E-state index contributed by atoms with van der Waals surface area (Å²) in [7, 11) is 4.79. The van der Waals surface area contributed by atoms with Crippen LogP contribution in [-0.4, -0.2) is 37.1 Å². The summed E-state index contributed by atoms with van der Waals surface area (Å²) >= 11 is 0. The van der Waals surface area contributed by atoms with Gasteiger partial charge in [-0.25, -0.2) is 4.98 Å². The lowest BCUT2D eigenvalue weighted by atomic mass is 10.1. The first kappa shape index (κ1) is 23.2. The molecule has 176 valence electrons. The van der Waals surface area contributed by atoms with E-state index in [0.29, 0.717) is 29.5 Å². The van der Waals surface area contributed by atoms with Crippen molar-refractivity contribution in [1.29, 1.82) is 0 Å². The SMILES string of the molecule is COc1ccc(CN(Cc2nc3cc(C)ccc3o2)C(=O)Cc2ccc(OC)c(OC)c2)cc1. The lowest BCUT2D eigenvalue weighted by molar-refractivity contribution is -0.132. The van der Waals surface area contributed by atoms with Gasteiger partial charge < -0.3 is 23.5 Å². The molecule has 0 unspecified atom stereocenters. The molecule has 0 fully saturated rings. The first-order valence-corrected chi connectivity index (χ1v) is 11.0. The first-order chi connectivity index (χ1) is 16.5. The fourth-order valence-corrected chi connectivity index (χ4v) is 3.78. The zero-order chi connectivity index (χ0) is 24.1. The zero-order valence-electron chi connectivity index (χ0n) is 19.8. The van der Waals surface area contributed by atoms with Crippen LogP contribution < -0.4 is 14.2 Å². The molecule has 0 aliphatic heterocycles. The standard InChI is InChI=1S/C27H28N2O5/c1-18-5-11-23-22(13-18)28-26(34-23)17-29(16-19-6-9-21(31-2)10-7-19)27(30)15-20-8-12-24(32-3)25(14-20)33-4/h5-14H,15-17H2,1-4H3. The molecule has 3 aromatic carbocycles. The first-order valence-electron chi connectivity index (χ1n) is 11.0. The zero-order valence-corrected chi connectivity index (χ0v) is 19.8. The lowest BCUT2D eigenvalue weighted by Crippen LogP contribution is -2.31. The van der Waals surface area contributed by atoms with Gasteiger partial charge in [0, 0.05) is 6.54 Å². The minimum absolute atomic E-state index is 0.0542. The Kier molecular flexibility index (Phi) is 7.01. The maximum absolute atomic E-state index is 13.4. The highest BCUT2D eigenvalue weighted by atomic mass is 16.5. The molecular formula is C27H28N2O5. The van der Waals surface area contributed by atoms with E-state index in [0.717, 1.165) is 28.0 Å². The summed E-state index contributed by atoms with van der Waals surface area (Å²) in [4.78, 5) is 19.8. The van der Waals surface area contributed by atoms with Gasteiger partial charge in [-0.1, -0.05) is 24.3 Å². The molecule has 0 N–H and O–H groups in total. The Balaban J connectivity index is 1.59. The summed E-state index contributed by atoms with van der Waals surface area (Å²) in [5.74, 6) is 2.41. The molecule has 1 heterocycles. The summed E-state index contributed by atoms with van der Waals surface area (Å²) in [6, 6.07) is 19.0. The van der Waals surface area contributed by atoms with Crippen LogP contribution in [0.15, 0.2) is 65.1 Å². The molecule has 7 heteroatoms. The van der Waals surface area contributed by atoms with Crippen LogP contribution in [0.4, 0.5) is 0 Å². The molecule has 0 bridgehead atoms. The predicted octanol–water partition coefficient (Wildman–Crippen LogP) is 4.93. The van der Waals surface area contributed by atoms with Gasteiger partial charge in [-0.2, -0.15) is 0 Å². The second-order valence-corrected chi connectivity index (χ2v) is 8.04. The maximum atomic E-state index is 13.4. The quantitative estimate of drug-likeness (QED) is 0.353. The Hall–Kier alpha value is -4.00. The van der Waals surface area contributed by atoms with Gasteiger partial charge in [-0.05, 0) is 60.0 Å². The van der Waals surface area contributed by atoms with Crippen LogP contribution >= 0.6 is 0 Å². The number of hydrogen-bond donors (Lipinski definition) is 0. The maximum Gasteiger partial charge on any atom is 0.227 e. The van der Waals surface area contributed by atoms with Gasteiger partial charge in [-0.15, -0.1) is 0 Å². The van der Waals surface area contributed by atoms with Crippen molar-refractivity contribution in [2.45, 2.75) is 26.4 Å². The van der Waals surface area contributed by atoms with Crippen LogP contribution in [0.2, 0.25) is 0 Å². The molecule has 0 radical (unpaired) electrons. The number of oxazole rings is 1. The van der Waals surface area contributed by atoms with E-state index < -0.39 is 0 Å². The van der Waals surface area contributed by atoms with Gasteiger partial charge in [0.25, 0.3) is 0 Å². The molecule has 1 amide bonds. The van der Waals surface area contributed by atoms with Crippen LogP contribution in [-0.2, 0) is 24.3 Å². The number of fused-ring (bicyclic) bond motifs is 1. The van der Waals surface area contributed by atoms with Crippen LogP contribution in [0.3, 0.4) is 0 Å². The van der Waals surface area contributed by atoms with E-state index in [1.165, 1.54) is 0 Å². The van der Waals surface area contributed by atoms with E-state index in [2.05, 4.69) is 4.98 Å². The number of benzene rings is 3. The number of aromatic nitrogens is 1. The Morgan fingerprint density at radius 1 is 0.853 bits per heavy atom. The molecule has 34 heavy (non-hydrogen) atoms.